The summed E-state index contributed by atoms with van der Waals surface area (Å²) in [6, 6.07) is 13.6. The topological polar surface area (TPSA) is 72.9 Å². The van der Waals surface area contributed by atoms with Gasteiger partial charge in [-0.3, -0.25) is 4.79 Å². The zero-order valence-electron chi connectivity index (χ0n) is 13.9. The lowest BCUT2D eigenvalue weighted by Crippen LogP contribution is -2.28. The number of hydrogen-bond acceptors (Lipinski definition) is 3. The number of aromatic nitrogens is 2. The van der Waals surface area contributed by atoms with Crippen molar-refractivity contribution in [3.8, 4) is 5.69 Å². The van der Waals surface area contributed by atoms with E-state index in [4.69, 9.17) is 13.6 Å². The Kier molecular flexibility index (Phi) is 4.05. The highest BCUT2D eigenvalue weighted by atomic mass is 16.1. The van der Waals surface area contributed by atoms with Gasteiger partial charge in [0.25, 0.3) is 5.91 Å². The summed E-state index contributed by atoms with van der Waals surface area (Å²) in [5, 5.41) is 8.70. The van der Waals surface area contributed by atoms with Crippen molar-refractivity contribution in [2.75, 3.05) is 13.1 Å². The number of carbonyl (C=O) groups is 1. The number of nitrogens with two attached hydrogens (primary N) is 1. The lowest BCUT2D eigenvalue weighted by molar-refractivity contribution is 0.100. The first-order chi connectivity index (χ1) is 12.1. The number of carbonyl (C=O) groups excluding carboxylic acids is 1. The molecule has 25 heavy (non-hydrogen) atoms. The average Bonchev–Trinajstić information content (AvgIpc) is 2.99. The molecule has 4 rings (SSSR count). The van der Waals surface area contributed by atoms with Crippen molar-refractivity contribution >= 4 is 30.2 Å². The fraction of sp³-hybridized carbons (Fsp3) is 0.263. The molecule has 6 heteroatoms. The van der Waals surface area contributed by atoms with Crippen LogP contribution in [-0.2, 0) is 0 Å². The van der Waals surface area contributed by atoms with Crippen molar-refractivity contribution in [3.05, 3.63) is 53.6 Å². The highest BCUT2D eigenvalue weighted by Crippen LogP contribution is 2.24. The Balaban J connectivity index is 1.73. The van der Waals surface area contributed by atoms with Gasteiger partial charge in [-0.15, -0.1) is 0 Å². The number of rotatable bonds is 3. The second-order valence-corrected chi connectivity index (χ2v) is 6.50. The molecule has 1 aliphatic rings. The lowest BCUT2D eigenvalue weighted by Gasteiger charge is -2.23. The van der Waals surface area contributed by atoms with Gasteiger partial charge >= 0.3 is 0 Å². The van der Waals surface area contributed by atoms with Crippen LogP contribution in [0.1, 0.15) is 34.7 Å². The largest absolute Gasteiger partial charge is 0.366 e. The molecule has 1 aliphatic heterocycles. The van der Waals surface area contributed by atoms with Crippen LogP contribution in [0.3, 0.4) is 0 Å². The van der Waals surface area contributed by atoms with Gasteiger partial charge in [0.15, 0.2) is 0 Å². The molecule has 0 bridgehead atoms. The van der Waals surface area contributed by atoms with Crippen LogP contribution in [-0.4, -0.2) is 36.6 Å². The van der Waals surface area contributed by atoms with Gasteiger partial charge in [-0.1, -0.05) is 24.3 Å². The third-order valence-corrected chi connectivity index (χ3v) is 4.91. The summed E-state index contributed by atoms with van der Waals surface area (Å²) in [4.78, 5) is 11.6. The molecule has 5 nitrogen and oxygen atoms in total. The van der Waals surface area contributed by atoms with E-state index in [2.05, 4.69) is 22.5 Å². The molecule has 3 N–H and O–H groups in total. The van der Waals surface area contributed by atoms with E-state index >= 15 is 0 Å². The SMILES string of the molecule is [B]c1c2cccc(C(N)=O)c2nn1-c1ccc([C@@H]2CCCNC2)cc1. The molecule has 2 heterocycles. The fourth-order valence-electron chi connectivity index (χ4n) is 3.55. The van der Waals surface area contributed by atoms with Crippen LogP contribution in [0, 0.1) is 0 Å². The molecule has 3 aromatic rings. The molecule has 1 amide bonds. The molecule has 0 aliphatic carbocycles. The first-order valence-electron chi connectivity index (χ1n) is 8.53. The zero-order chi connectivity index (χ0) is 17.4. The van der Waals surface area contributed by atoms with Gasteiger partial charge < -0.3 is 11.1 Å². The predicted octanol–water partition coefficient (Wildman–Crippen LogP) is 1.39. The van der Waals surface area contributed by atoms with Crippen LogP contribution >= 0.6 is 0 Å². The zero-order valence-corrected chi connectivity index (χ0v) is 13.9. The third-order valence-electron chi connectivity index (χ3n) is 4.91. The molecule has 0 unspecified atom stereocenters. The van der Waals surface area contributed by atoms with Gasteiger partial charge in [-0.2, -0.15) is 5.10 Å². The number of primary amides is 1. The van der Waals surface area contributed by atoms with Crippen molar-refractivity contribution in [3.63, 3.8) is 0 Å². The van der Waals surface area contributed by atoms with Crippen LogP contribution < -0.4 is 16.6 Å². The number of piperidine rings is 1. The first-order valence-corrected chi connectivity index (χ1v) is 8.53. The number of fused-ring (bicyclic) bond motifs is 1. The van der Waals surface area contributed by atoms with E-state index in [1.165, 1.54) is 18.4 Å². The minimum absolute atomic E-state index is 0.382. The second kappa shape index (κ2) is 6.37. The average molecular weight is 330 g/mol. The quantitative estimate of drug-likeness (QED) is 0.713. The van der Waals surface area contributed by atoms with Crippen LogP contribution in [0.4, 0.5) is 0 Å². The molecule has 0 saturated carbocycles. The van der Waals surface area contributed by atoms with Gasteiger partial charge in [0.05, 0.1) is 11.3 Å². The van der Waals surface area contributed by atoms with Crippen molar-refractivity contribution in [2.24, 2.45) is 5.73 Å². The van der Waals surface area contributed by atoms with E-state index in [9.17, 15) is 4.79 Å². The molecule has 1 saturated heterocycles. The minimum atomic E-state index is -0.504. The molecular weight excluding hydrogens is 311 g/mol. The number of nitrogens with one attached hydrogen (secondary N) is 1. The summed E-state index contributed by atoms with van der Waals surface area (Å²) in [7, 11) is 6.26. The Labute approximate surface area is 147 Å². The van der Waals surface area contributed by atoms with E-state index < -0.39 is 5.91 Å². The van der Waals surface area contributed by atoms with Crippen LogP contribution in [0.15, 0.2) is 42.5 Å². The summed E-state index contributed by atoms with van der Waals surface area (Å²) in [6.45, 7) is 2.13. The third kappa shape index (κ3) is 2.83. The minimum Gasteiger partial charge on any atom is -0.366 e. The summed E-state index contributed by atoms with van der Waals surface area (Å²) in [5.41, 5.74) is 9.06. The highest BCUT2D eigenvalue weighted by Gasteiger charge is 2.17. The second-order valence-electron chi connectivity index (χ2n) is 6.50. The normalized spacial score (nSPS) is 17.7. The standard InChI is InChI=1S/C19H19BN4O/c20-18-15-4-1-5-16(19(21)25)17(15)23-24(18)14-8-6-12(7-9-14)13-3-2-10-22-11-13/h1,4-9,13,22H,2-3,10-11H2,(H2,21,25)/t13-/m1/s1. The first kappa shape index (κ1) is 15.9. The predicted molar refractivity (Wildman–Crippen MR) is 99.8 cm³/mol. The highest BCUT2D eigenvalue weighted by molar-refractivity contribution is 6.38. The molecule has 1 aromatic heterocycles. The number of hydrogen-bond donors (Lipinski definition) is 2. The maximum absolute atomic E-state index is 11.6. The van der Waals surface area contributed by atoms with Gasteiger partial charge in [0, 0.05) is 11.9 Å². The van der Waals surface area contributed by atoms with E-state index in [1.807, 2.05) is 18.2 Å². The number of amides is 1. The van der Waals surface area contributed by atoms with E-state index in [0.717, 1.165) is 24.2 Å². The van der Waals surface area contributed by atoms with Crippen LogP contribution in [0.5, 0.6) is 0 Å². The Morgan fingerprint density at radius 1 is 1.24 bits per heavy atom. The lowest BCUT2D eigenvalue weighted by atomic mass is 9.91. The maximum Gasteiger partial charge on any atom is 0.250 e. The van der Waals surface area contributed by atoms with Crippen molar-refractivity contribution < 1.29 is 4.79 Å². The molecule has 1 atom stereocenters. The Hall–Kier alpha value is -2.60. The monoisotopic (exact) mass is 330 g/mol. The Bertz CT molecular complexity index is 926. The van der Waals surface area contributed by atoms with Crippen molar-refractivity contribution in [1.82, 2.24) is 15.1 Å². The van der Waals surface area contributed by atoms with Crippen molar-refractivity contribution in [1.29, 1.82) is 0 Å². The molecule has 1 fully saturated rings. The van der Waals surface area contributed by atoms with Gasteiger partial charge in [0.1, 0.15) is 13.4 Å². The number of nitrogens with zero attached hydrogens (tertiary/aromatic N) is 2. The molecule has 2 aromatic carbocycles. The van der Waals surface area contributed by atoms with Crippen LogP contribution in [0.25, 0.3) is 16.6 Å². The molecule has 0 spiro atoms. The van der Waals surface area contributed by atoms with Gasteiger partial charge in [0.2, 0.25) is 0 Å². The van der Waals surface area contributed by atoms with Gasteiger partial charge in [-0.05, 0) is 54.7 Å². The maximum atomic E-state index is 11.6. The Morgan fingerprint density at radius 2 is 2.04 bits per heavy atom. The number of benzene rings is 2. The van der Waals surface area contributed by atoms with Gasteiger partial charge in [-0.25, -0.2) is 4.68 Å². The molecule has 124 valence electrons. The van der Waals surface area contributed by atoms with Crippen LogP contribution in [0.2, 0.25) is 0 Å². The van der Waals surface area contributed by atoms with Crippen molar-refractivity contribution in [2.45, 2.75) is 18.8 Å². The van der Waals surface area contributed by atoms with E-state index in [1.54, 1.807) is 16.8 Å². The van der Waals surface area contributed by atoms with E-state index in [0.29, 0.717) is 22.6 Å². The smallest absolute Gasteiger partial charge is 0.250 e. The molecular formula is C19H19BN4O. The summed E-state index contributed by atoms with van der Waals surface area (Å²) < 4.78 is 1.67. The summed E-state index contributed by atoms with van der Waals surface area (Å²) in [5.74, 6) is 0.0497. The summed E-state index contributed by atoms with van der Waals surface area (Å²) in [6.07, 6.45) is 2.42. The Morgan fingerprint density at radius 3 is 2.72 bits per heavy atom. The summed E-state index contributed by atoms with van der Waals surface area (Å²) >= 11 is 0. The molecule has 2 radical (unpaired) electrons. The van der Waals surface area contributed by atoms with E-state index in [-0.39, 0.29) is 0 Å². The fourth-order valence-corrected chi connectivity index (χ4v) is 3.55.